The minimum absolute atomic E-state index is 0.280. The van der Waals surface area contributed by atoms with Crippen molar-refractivity contribution in [2.75, 3.05) is 6.61 Å². The second-order valence-corrected chi connectivity index (χ2v) is 5.30. The normalized spacial score (nSPS) is 11.9. The Morgan fingerprint density at radius 1 is 0.579 bits per heavy atom. The van der Waals surface area contributed by atoms with Crippen molar-refractivity contribution in [2.24, 2.45) is 0 Å². The standard InChI is InChI=1S/C18H34O/c1-2-3-4-5-6-7-8-9-10-11-12-13-14-15-16-17-18-19/h6-7,15-16,19H,2-5,8-14,17-18H2,1H3/b7-6+,16-15+. The molecule has 19 heavy (non-hydrogen) atoms. The summed E-state index contributed by atoms with van der Waals surface area (Å²) in [6.45, 7) is 2.54. The highest BCUT2D eigenvalue weighted by atomic mass is 16.2. The molecule has 0 unspecified atom stereocenters. The van der Waals surface area contributed by atoms with Gasteiger partial charge in [-0.2, -0.15) is 0 Å². The van der Waals surface area contributed by atoms with Gasteiger partial charge in [0.25, 0.3) is 0 Å². The van der Waals surface area contributed by atoms with Crippen LogP contribution in [-0.2, 0) is 0 Å². The predicted octanol–water partition coefficient (Wildman–Crippen LogP) is 5.79. The first kappa shape index (κ1) is 18.4. The smallest absolute Gasteiger partial charge is 0.0465 e. The molecule has 0 aromatic carbocycles. The fourth-order valence-corrected chi connectivity index (χ4v) is 2.11. The molecule has 0 saturated heterocycles. The van der Waals surface area contributed by atoms with Gasteiger partial charge < -0.3 is 5.11 Å². The third kappa shape index (κ3) is 17.4. The first-order chi connectivity index (χ1) is 9.41. The molecule has 0 aliphatic rings. The first-order valence-electron chi connectivity index (χ1n) is 8.32. The van der Waals surface area contributed by atoms with Crippen LogP contribution in [0.25, 0.3) is 0 Å². The SMILES string of the molecule is CCCCC/C=C/CCCCCCC/C=C/CCO. The van der Waals surface area contributed by atoms with Gasteiger partial charge in [-0.25, -0.2) is 0 Å². The summed E-state index contributed by atoms with van der Waals surface area (Å²) < 4.78 is 0. The lowest BCUT2D eigenvalue weighted by Gasteiger charge is -1.98. The summed E-state index contributed by atoms with van der Waals surface area (Å²) in [6.07, 6.45) is 24.4. The molecule has 0 radical (unpaired) electrons. The monoisotopic (exact) mass is 266 g/mol. The second kappa shape index (κ2) is 17.4. The van der Waals surface area contributed by atoms with E-state index in [1.165, 1.54) is 70.6 Å². The van der Waals surface area contributed by atoms with Crippen molar-refractivity contribution in [1.82, 2.24) is 0 Å². The molecule has 0 aromatic rings. The maximum absolute atomic E-state index is 8.61. The van der Waals surface area contributed by atoms with Gasteiger partial charge >= 0.3 is 0 Å². The van der Waals surface area contributed by atoms with E-state index in [0.29, 0.717) is 0 Å². The molecule has 1 nitrogen and oxygen atoms in total. The molecule has 112 valence electrons. The van der Waals surface area contributed by atoms with Crippen LogP contribution in [0.1, 0.15) is 84.0 Å². The van der Waals surface area contributed by atoms with Crippen LogP contribution >= 0.6 is 0 Å². The lowest BCUT2D eigenvalue weighted by molar-refractivity contribution is 0.302. The molecule has 0 fully saturated rings. The van der Waals surface area contributed by atoms with E-state index in [-0.39, 0.29) is 6.61 Å². The largest absolute Gasteiger partial charge is 0.396 e. The molecule has 0 heterocycles. The minimum atomic E-state index is 0.280. The van der Waals surface area contributed by atoms with Crippen LogP contribution in [-0.4, -0.2) is 11.7 Å². The fraction of sp³-hybridized carbons (Fsp3) is 0.778. The van der Waals surface area contributed by atoms with Crippen LogP contribution < -0.4 is 0 Å². The van der Waals surface area contributed by atoms with E-state index in [0.717, 1.165) is 6.42 Å². The second-order valence-electron chi connectivity index (χ2n) is 5.30. The van der Waals surface area contributed by atoms with E-state index in [1.807, 2.05) is 0 Å². The fourth-order valence-electron chi connectivity index (χ4n) is 2.11. The minimum Gasteiger partial charge on any atom is -0.396 e. The summed E-state index contributed by atoms with van der Waals surface area (Å²) in [5.41, 5.74) is 0. The van der Waals surface area contributed by atoms with Crippen molar-refractivity contribution < 1.29 is 5.11 Å². The summed E-state index contributed by atoms with van der Waals surface area (Å²) in [5, 5.41) is 8.61. The maximum Gasteiger partial charge on any atom is 0.0465 e. The Balaban J connectivity index is 3.06. The molecule has 0 aliphatic heterocycles. The van der Waals surface area contributed by atoms with Gasteiger partial charge in [-0.1, -0.05) is 63.3 Å². The average molecular weight is 266 g/mol. The summed E-state index contributed by atoms with van der Waals surface area (Å²) in [7, 11) is 0. The quantitative estimate of drug-likeness (QED) is 0.311. The van der Waals surface area contributed by atoms with Crippen molar-refractivity contribution in [3.8, 4) is 0 Å². The van der Waals surface area contributed by atoms with Gasteiger partial charge in [0.15, 0.2) is 0 Å². The summed E-state index contributed by atoms with van der Waals surface area (Å²) in [6, 6.07) is 0. The number of aliphatic hydroxyl groups is 1. The average Bonchev–Trinajstić information content (AvgIpc) is 2.43. The molecule has 0 bridgehead atoms. The number of allylic oxidation sites excluding steroid dienone is 3. The lowest BCUT2D eigenvalue weighted by atomic mass is 10.1. The van der Waals surface area contributed by atoms with Gasteiger partial charge in [0.2, 0.25) is 0 Å². The van der Waals surface area contributed by atoms with Crippen LogP contribution in [0, 0.1) is 0 Å². The van der Waals surface area contributed by atoms with Gasteiger partial charge in [0.1, 0.15) is 0 Å². The zero-order valence-corrected chi connectivity index (χ0v) is 12.9. The first-order valence-corrected chi connectivity index (χ1v) is 8.32. The Morgan fingerprint density at radius 3 is 1.47 bits per heavy atom. The van der Waals surface area contributed by atoms with E-state index in [1.54, 1.807) is 0 Å². The molecule has 1 N–H and O–H groups in total. The lowest BCUT2D eigenvalue weighted by Crippen LogP contribution is -1.79. The molecule has 0 rings (SSSR count). The van der Waals surface area contributed by atoms with E-state index >= 15 is 0 Å². The van der Waals surface area contributed by atoms with Gasteiger partial charge in [-0.15, -0.1) is 0 Å². The van der Waals surface area contributed by atoms with Gasteiger partial charge in [-0.05, 0) is 44.9 Å². The number of unbranched alkanes of at least 4 members (excludes halogenated alkanes) is 9. The van der Waals surface area contributed by atoms with Crippen LogP contribution in [0.2, 0.25) is 0 Å². The Hall–Kier alpha value is -0.560. The van der Waals surface area contributed by atoms with Crippen molar-refractivity contribution in [2.45, 2.75) is 84.0 Å². The molecule has 0 atom stereocenters. The highest BCUT2D eigenvalue weighted by molar-refractivity contribution is 4.82. The molecule has 0 aromatic heterocycles. The number of hydrogen-bond acceptors (Lipinski definition) is 1. The van der Waals surface area contributed by atoms with E-state index < -0.39 is 0 Å². The number of hydrogen-bond donors (Lipinski definition) is 1. The van der Waals surface area contributed by atoms with Crippen LogP contribution in [0.15, 0.2) is 24.3 Å². The highest BCUT2D eigenvalue weighted by Gasteiger charge is 1.89. The van der Waals surface area contributed by atoms with Gasteiger partial charge in [0.05, 0.1) is 0 Å². The van der Waals surface area contributed by atoms with Crippen molar-refractivity contribution in [3.05, 3.63) is 24.3 Å². The van der Waals surface area contributed by atoms with E-state index in [9.17, 15) is 0 Å². The molecule has 0 saturated carbocycles. The summed E-state index contributed by atoms with van der Waals surface area (Å²) in [5.74, 6) is 0. The van der Waals surface area contributed by atoms with Crippen molar-refractivity contribution in [3.63, 3.8) is 0 Å². The van der Waals surface area contributed by atoms with Crippen LogP contribution in [0.4, 0.5) is 0 Å². The van der Waals surface area contributed by atoms with E-state index in [4.69, 9.17) is 5.11 Å². The molecular weight excluding hydrogens is 232 g/mol. The highest BCUT2D eigenvalue weighted by Crippen LogP contribution is 2.08. The number of rotatable bonds is 14. The molecule has 1 heteroatoms. The Labute approximate surface area is 120 Å². The Bertz CT molecular complexity index is 206. The van der Waals surface area contributed by atoms with Gasteiger partial charge in [-0.3, -0.25) is 0 Å². The molecule has 0 aliphatic carbocycles. The maximum atomic E-state index is 8.61. The Kier molecular flexibility index (Phi) is 16.9. The zero-order chi connectivity index (χ0) is 14.0. The predicted molar refractivity (Wildman–Crippen MR) is 86.4 cm³/mol. The van der Waals surface area contributed by atoms with Crippen LogP contribution in [0.3, 0.4) is 0 Å². The number of aliphatic hydroxyl groups excluding tert-OH is 1. The zero-order valence-electron chi connectivity index (χ0n) is 12.9. The summed E-state index contributed by atoms with van der Waals surface area (Å²) >= 11 is 0. The third-order valence-electron chi connectivity index (χ3n) is 3.35. The molecular formula is C18H34O. The molecule has 0 spiro atoms. The molecule has 0 amide bonds. The summed E-state index contributed by atoms with van der Waals surface area (Å²) in [4.78, 5) is 0. The van der Waals surface area contributed by atoms with Crippen molar-refractivity contribution >= 4 is 0 Å². The van der Waals surface area contributed by atoms with Crippen molar-refractivity contribution in [1.29, 1.82) is 0 Å². The topological polar surface area (TPSA) is 20.2 Å². The van der Waals surface area contributed by atoms with Gasteiger partial charge in [0, 0.05) is 6.61 Å². The Morgan fingerprint density at radius 2 is 1.00 bits per heavy atom. The van der Waals surface area contributed by atoms with Crippen LogP contribution in [0.5, 0.6) is 0 Å². The third-order valence-corrected chi connectivity index (χ3v) is 3.35. The van der Waals surface area contributed by atoms with E-state index in [2.05, 4.69) is 31.2 Å².